The van der Waals surface area contributed by atoms with E-state index in [1.165, 1.54) is 12.1 Å². The Morgan fingerprint density at radius 2 is 2.06 bits per heavy atom. The molecule has 1 aromatic rings. The standard InChI is InChI=1S/C10H13N3O3/c1-13(7-14)12-11-9-5-3-8(4-6-9)10(15)16-2/h3-6,14H,7H2,1-2H3. The Labute approximate surface area is 93.1 Å². The van der Waals surface area contributed by atoms with Gasteiger partial charge in [0.15, 0.2) is 0 Å². The number of ether oxygens (including phenoxy) is 1. The Bertz CT molecular complexity index is 375. The molecule has 0 spiro atoms. The van der Waals surface area contributed by atoms with E-state index in [0.717, 1.165) is 0 Å². The molecule has 0 saturated carbocycles. The summed E-state index contributed by atoms with van der Waals surface area (Å²) < 4.78 is 4.56. The maximum atomic E-state index is 11.1. The van der Waals surface area contributed by atoms with Gasteiger partial charge in [0.2, 0.25) is 0 Å². The van der Waals surface area contributed by atoms with Crippen molar-refractivity contribution in [1.29, 1.82) is 0 Å². The molecule has 0 radical (unpaired) electrons. The quantitative estimate of drug-likeness (QED) is 0.362. The third-order valence-corrected chi connectivity index (χ3v) is 1.81. The molecule has 1 aromatic carbocycles. The highest BCUT2D eigenvalue weighted by molar-refractivity contribution is 5.89. The van der Waals surface area contributed by atoms with Gasteiger partial charge in [0, 0.05) is 7.05 Å². The van der Waals surface area contributed by atoms with Crippen molar-refractivity contribution in [2.75, 3.05) is 20.9 Å². The second-order valence-corrected chi connectivity index (χ2v) is 3.03. The molecule has 0 unspecified atom stereocenters. The van der Waals surface area contributed by atoms with E-state index in [2.05, 4.69) is 15.1 Å². The lowest BCUT2D eigenvalue weighted by Crippen LogP contribution is -2.10. The first kappa shape index (κ1) is 12.1. The van der Waals surface area contributed by atoms with Crippen LogP contribution in [0.3, 0.4) is 0 Å². The minimum atomic E-state index is -0.393. The summed E-state index contributed by atoms with van der Waals surface area (Å²) in [6.07, 6.45) is 0. The van der Waals surface area contributed by atoms with Crippen LogP contribution in [-0.4, -0.2) is 37.0 Å². The van der Waals surface area contributed by atoms with E-state index < -0.39 is 5.97 Å². The van der Waals surface area contributed by atoms with Crippen molar-refractivity contribution < 1.29 is 14.6 Å². The van der Waals surface area contributed by atoms with Gasteiger partial charge in [-0.15, -0.1) is 5.11 Å². The first-order chi connectivity index (χ1) is 7.67. The molecule has 16 heavy (non-hydrogen) atoms. The summed E-state index contributed by atoms with van der Waals surface area (Å²) in [5.41, 5.74) is 1.05. The fourth-order valence-electron chi connectivity index (χ4n) is 0.938. The molecule has 1 rings (SSSR count). The normalized spacial score (nSPS) is 10.4. The molecular formula is C10H13N3O3. The third kappa shape index (κ3) is 3.32. The number of hydrogen-bond donors (Lipinski definition) is 1. The van der Waals surface area contributed by atoms with Crippen LogP contribution in [0.4, 0.5) is 5.69 Å². The number of carbonyl (C=O) groups excluding carboxylic acids is 1. The van der Waals surface area contributed by atoms with Crippen LogP contribution in [-0.2, 0) is 4.74 Å². The zero-order valence-electron chi connectivity index (χ0n) is 9.12. The molecule has 0 aliphatic carbocycles. The third-order valence-electron chi connectivity index (χ3n) is 1.81. The second kappa shape index (κ2) is 5.82. The van der Waals surface area contributed by atoms with Gasteiger partial charge in [-0.2, -0.15) is 0 Å². The van der Waals surface area contributed by atoms with E-state index in [-0.39, 0.29) is 6.73 Å². The Kier molecular flexibility index (Phi) is 4.41. The van der Waals surface area contributed by atoms with Crippen LogP contribution in [0.15, 0.2) is 34.6 Å². The smallest absolute Gasteiger partial charge is 0.337 e. The number of esters is 1. The molecule has 0 aliphatic heterocycles. The van der Waals surface area contributed by atoms with E-state index in [1.54, 1.807) is 31.3 Å². The molecule has 0 aliphatic rings. The molecule has 0 heterocycles. The van der Waals surface area contributed by atoms with Gasteiger partial charge in [-0.3, -0.25) is 5.01 Å². The van der Waals surface area contributed by atoms with Crippen LogP contribution in [0.5, 0.6) is 0 Å². The minimum absolute atomic E-state index is 0.205. The van der Waals surface area contributed by atoms with Crippen molar-refractivity contribution >= 4 is 11.7 Å². The number of benzene rings is 1. The van der Waals surface area contributed by atoms with Crippen molar-refractivity contribution in [2.45, 2.75) is 0 Å². The summed E-state index contributed by atoms with van der Waals surface area (Å²) in [5, 5.41) is 17.5. The minimum Gasteiger partial charge on any atom is -0.465 e. The predicted octanol–water partition coefficient (Wildman–Crippen LogP) is 1.35. The molecule has 6 nitrogen and oxygen atoms in total. The fourth-order valence-corrected chi connectivity index (χ4v) is 0.938. The summed E-state index contributed by atoms with van der Waals surface area (Å²) in [6.45, 7) is -0.205. The Hall–Kier alpha value is -1.95. The van der Waals surface area contributed by atoms with Crippen LogP contribution >= 0.6 is 0 Å². The van der Waals surface area contributed by atoms with E-state index >= 15 is 0 Å². The number of nitrogens with zero attached hydrogens (tertiary/aromatic N) is 3. The highest BCUT2D eigenvalue weighted by atomic mass is 16.5. The van der Waals surface area contributed by atoms with Gasteiger partial charge in [-0.1, -0.05) is 5.22 Å². The molecular weight excluding hydrogens is 210 g/mol. The lowest BCUT2D eigenvalue weighted by molar-refractivity contribution is 0.0601. The first-order valence-electron chi connectivity index (χ1n) is 4.59. The van der Waals surface area contributed by atoms with Crippen molar-refractivity contribution in [3.05, 3.63) is 29.8 Å². The number of methoxy groups -OCH3 is 1. The molecule has 86 valence electrons. The summed E-state index contributed by atoms with van der Waals surface area (Å²) in [5.74, 6) is -0.393. The maximum absolute atomic E-state index is 11.1. The van der Waals surface area contributed by atoms with Gasteiger partial charge in [0.1, 0.15) is 6.73 Å². The molecule has 1 N–H and O–H groups in total. The summed E-state index contributed by atoms with van der Waals surface area (Å²) in [6, 6.07) is 6.47. The van der Waals surface area contributed by atoms with Crippen molar-refractivity contribution in [2.24, 2.45) is 10.3 Å². The Morgan fingerprint density at radius 1 is 1.44 bits per heavy atom. The molecule has 0 atom stereocenters. The second-order valence-electron chi connectivity index (χ2n) is 3.03. The van der Waals surface area contributed by atoms with Crippen LogP contribution in [0.1, 0.15) is 10.4 Å². The monoisotopic (exact) mass is 223 g/mol. The van der Waals surface area contributed by atoms with Gasteiger partial charge in [-0.25, -0.2) is 4.79 Å². The molecule has 0 bridgehead atoms. The van der Waals surface area contributed by atoms with Crippen molar-refractivity contribution in [3.63, 3.8) is 0 Å². The SMILES string of the molecule is COC(=O)c1ccc(N=NN(C)CO)cc1. The van der Waals surface area contributed by atoms with Crippen LogP contribution in [0, 0.1) is 0 Å². The largest absolute Gasteiger partial charge is 0.465 e. The number of carbonyl (C=O) groups is 1. The maximum Gasteiger partial charge on any atom is 0.337 e. The van der Waals surface area contributed by atoms with Crippen LogP contribution in [0.2, 0.25) is 0 Å². The average molecular weight is 223 g/mol. The van der Waals surface area contributed by atoms with Crippen molar-refractivity contribution in [1.82, 2.24) is 5.01 Å². The average Bonchev–Trinajstić information content (AvgIpc) is 2.35. The first-order valence-corrected chi connectivity index (χ1v) is 4.59. The number of aliphatic hydroxyl groups excluding tert-OH is 1. The van der Waals surface area contributed by atoms with Gasteiger partial charge >= 0.3 is 5.97 Å². The lowest BCUT2D eigenvalue weighted by Gasteiger charge is -2.04. The molecule has 0 aromatic heterocycles. The van der Waals surface area contributed by atoms with Gasteiger partial charge in [-0.05, 0) is 24.3 Å². The highest BCUT2D eigenvalue weighted by Crippen LogP contribution is 2.14. The van der Waals surface area contributed by atoms with E-state index in [4.69, 9.17) is 5.11 Å². The highest BCUT2D eigenvalue weighted by Gasteiger charge is 2.03. The van der Waals surface area contributed by atoms with Gasteiger partial charge in [0.05, 0.1) is 18.4 Å². The zero-order valence-corrected chi connectivity index (χ0v) is 9.12. The van der Waals surface area contributed by atoms with E-state index in [1.807, 2.05) is 0 Å². The van der Waals surface area contributed by atoms with E-state index in [9.17, 15) is 4.79 Å². The molecule has 0 amide bonds. The van der Waals surface area contributed by atoms with E-state index in [0.29, 0.717) is 11.3 Å². The van der Waals surface area contributed by atoms with Crippen LogP contribution in [0.25, 0.3) is 0 Å². The molecule has 0 fully saturated rings. The molecule has 0 saturated heterocycles. The van der Waals surface area contributed by atoms with Crippen LogP contribution < -0.4 is 0 Å². The fraction of sp³-hybridized carbons (Fsp3) is 0.300. The summed E-state index contributed by atoms with van der Waals surface area (Å²) in [7, 11) is 2.92. The van der Waals surface area contributed by atoms with Crippen molar-refractivity contribution in [3.8, 4) is 0 Å². The number of aliphatic hydroxyl groups is 1. The van der Waals surface area contributed by atoms with Gasteiger partial charge < -0.3 is 9.84 Å². The van der Waals surface area contributed by atoms with Gasteiger partial charge in [0.25, 0.3) is 0 Å². The number of hydrogen-bond acceptors (Lipinski definition) is 5. The lowest BCUT2D eigenvalue weighted by atomic mass is 10.2. The molecule has 6 heteroatoms. The number of rotatable bonds is 4. The Morgan fingerprint density at radius 3 is 2.56 bits per heavy atom. The zero-order chi connectivity index (χ0) is 12.0. The summed E-state index contributed by atoms with van der Waals surface area (Å²) in [4.78, 5) is 11.1. The predicted molar refractivity (Wildman–Crippen MR) is 57.1 cm³/mol. The Balaban J connectivity index is 2.72. The summed E-state index contributed by atoms with van der Waals surface area (Å²) >= 11 is 0. The topological polar surface area (TPSA) is 74.5 Å².